The number of carbonyl (C=O) groups excluding carboxylic acids is 1. The maximum Gasteiger partial charge on any atom is 0.220 e. The van der Waals surface area contributed by atoms with Crippen molar-refractivity contribution in [2.45, 2.75) is 58.8 Å². The SMILES string of the molecule is C[C](C)CNC(=O)CCCCCN1CCCCC1. The molecule has 1 heterocycles. The van der Waals surface area contributed by atoms with Crippen molar-refractivity contribution in [1.29, 1.82) is 0 Å². The summed E-state index contributed by atoms with van der Waals surface area (Å²) in [4.78, 5) is 14.0. The van der Waals surface area contributed by atoms with Crippen LogP contribution >= 0.6 is 0 Å². The first-order chi connectivity index (χ1) is 8.68. The van der Waals surface area contributed by atoms with Gasteiger partial charge in [-0.2, -0.15) is 0 Å². The zero-order chi connectivity index (χ0) is 13.2. The summed E-state index contributed by atoms with van der Waals surface area (Å²) in [6.45, 7) is 8.60. The van der Waals surface area contributed by atoms with Gasteiger partial charge in [-0.1, -0.05) is 26.7 Å². The monoisotopic (exact) mass is 253 g/mol. The average molecular weight is 253 g/mol. The minimum Gasteiger partial charge on any atom is -0.356 e. The molecule has 1 saturated heterocycles. The van der Waals surface area contributed by atoms with Crippen molar-refractivity contribution in [2.75, 3.05) is 26.2 Å². The Balaban J connectivity index is 1.89. The van der Waals surface area contributed by atoms with Crippen molar-refractivity contribution >= 4 is 5.91 Å². The van der Waals surface area contributed by atoms with Crippen LogP contribution < -0.4 is 5.32 Å². The van der Waals surface area contributed by atoms with E-state index < -0.39 is 0 Å². The summed E-state index contributed by atoms with van der Waals surface area (Å²) in [6.07, 6.45) is 8.29. The maximum atomic E-state index is 11.5. The third-order valence-corrected chi connectivity index (χ3v) is 3.47. The minimum absolute atomic E-state index is 0.203. The van der Waals surface area contributed by atoms with E-state index in [4.69, 9.17) is 0 Å². The Morgan fingerprint density at radius 2 is 1.78 bits per heavy atom. The van der Waals surface area contributed by atoms with Gasteiger partial charge in [0.1, 0.15) is 0 Å². The van der Waals surface area contributed by atoms with Gasteiger partial charge >= 0.3 is 0 Å². The van der Waals surface area contributed by atoms with Crippen molar-refractivity contribution in [1.82, 2.24) is 10.2 Å². The molecule has 1 amide bonds. The van der Waals surface area contributed by atoms with Crippen molar-refractivity contribution in [3.8, 4) is 0 Å². The van der Waals surface area contributed by atoms with E-state index >= 15 is 0 Å². The van der Waals surface area contributed by atoms with Crippen molar-refractivity contribution < 1.29 is 4.79 Å². The van der Waals surface area contributed by atoms with E-state index in [9.17, 15) is 4.79 Å². The van der Waals surface area contributed by atoms with Crippen molar-refractivity contribution in [3.63, 3.8) is 0 Å². The van der Waals surface area contributed by atoms with E-state index in [1.807, 2.05) is 13.8 Å². The van der Waals surface area contributed by atoms with Crippen LogP contribution in [0.5, 0.6) is 0 Å². The van der Waals surface area contributed by atoms with Gasteiger partial charge in [0.15, 0.2) is 0 Å². The lowest BCUT2D eigenvalue weighted by atomic mass is 10.1. The largest absolute Gasteiger partial charge is 0.356 e. The summed E-state index contributed by atoms with van der Waals surface area (Å²) in [5.41, 5.74) is 0. The van der Waals surface area contributed by atoms with Gasteiger partial charge in [0.25, 0.3) is 0 Å². The lowest BCUT2D eigenvalue weighted by molar-refractivity contribution is -0.121. The second kappa shape index (κ2) is 9.37. The third-order valence-electron chi connectivity index (χ3n) is 3.47. The van der Waals surface area contributed by atoms with Gasteiger partial charge in [0.2, 0.25) is 5.91 Å². The molecule has 1 fully saturated rings. The Morgan fingerprint density at radius 3 is 2.44 bits per heavy atom. The molecule has 1 radical (unpaired) electrons. The standard InChI is InChI=1S/C15H29N2O/c1-14(2)13-16-15(18)9-5-3-6-10-17-11-7-4-8-12-17/h3-13H2,1-2H3,(H,16,18). The van der Waals surface area contributed by atoms with E-state index in [-0.39, 0.29) is 5.91 Å². The van der Waals surface area contributed by atoms with Gasteiger partial charge in [-0.15, -0.1) is 0 Å². The molecule has 1 rings (SSSR count). The van der Waals surface area contributed by atoms with E-state index in [1.165, 1.54) is 57.7 Å². The molecule has 3 nitrogen and oxygen atoms in total. The number of likely N-dealkylation sites (tertiary alicyclic amines) is 1. The summed E-state index contributed by atoms with van der Waals surface area (Å²) >= 11 is 0. The normalized spacial score (nSPS) is 17.1. The highest BCUT2D eigenvalue weighted by Crippen LogP contribution is 2.10. The van der Waals surface area contributed by atoms with Gasteiger partial charge in [-0.3, -0.25) is 4.79 Å². The first-order valence-corrected chi connectivity index (χ1v) is 7.46. The third kappa shape index (κ3) is 7.70. The van der Waals surface area contributed by atoms with Crippen LogP contribution in [0.15, 0.2) is 0 Å². The topological polar surface area (TPSA) is 32.3 Å². The van der Waals surface area contributed by atoms with Crippen molar-refractivity contribution in [2.24, 2.45) is 0 Å². The number of piperidine rings is 1. The van der Waals surface area contributed by atoms with Crippen LogP contribution in [-0.4, -0.2) is 37.0 Å². The molecular formula is C15H29N2O. The summed E-state index contributed by atoms with van der Waals surface area (Å²) in [5.74, 6) is 1.46. The molecular weight excluding hydrogens is 224 g/mol. The Bertz CT molecular complexity index is 223. The molecule has 3 heteroatoms. The summed E-state index contributed by atoms with van der Waals surface area (Å²) in [6, 6.07) is 0. The first kappa shape index (κ1) is 15.5. The molecule has 0 aromatic heterocycles. The molecule has 0 atom stereocenters. The number of unbranched alkanes of at least 4 members (excludes halogenated alkanes) is 2. The molecule has 18 heavy (non-hydrogen) atoms. The highest BCUT2D eigenvalue weighted by atomic mass is 16.1. The Morgan fingerprint density at radius 1 is 1.06 bits per heavy atom. The number of nitrogens with zero attached hydrogens (tertiary/aromatic N) is 1. The second-order valence-electron chi connectivity index (χ2n) is 5.70. The fourth-order valence-electron chi connectivity index (χ4n) is 2.34. The maximum absolute atomic E-state index is 11.5. The van der Waals surface area contributed by atoms with Crippen LogP contribution in [-0.2, 0) is 4.79 Å². The molecule has 0 saturated carbocycles. The minimum atomic E-state index is 0.203. The molecule has 0 unspecified atom stereocenters. The van der Waals surface area contributed by atoms with Crippen molar-refractivity contribution in [3.05, 3.63) is 5.92 Å². The predicted molar refractivity (Wildman–Crippen MR) is 76.4 cm³/mol. The molecule has 0 aromatic rings. The molecule has 0 spiro atoms. The lowest BCUT2D eigenvalue weighted by Crippen LogP contribution is -2.30. The summed E-state index contributed by atoms with van der Waals surface area (Å²) < 4.78 is 0. The molecule has 0 aromatic carbocycles. The van der Waals surface area contributed by atoms with Crippen LogP contribution in [0.4, 0.5) is 0 Å². The molecule has 1 aliphatic heterocycles. The van der Waals surface area contributed by atoms with E-state index in [2.05, 4.69) is 10.2 Å². The Kier molecular flexibility index (Phi) is 8.06. The van der Waals surface area contributed by atoms with Gasteiger partial charge < -0.3 is 10.2 Å². The number of hydrogen-bond donors (Lipinski definition) is 1. The number of nitrogens with one attached hydrogen (secondary N) is 1. The smallest absolute Gasteiger partial charge is 0.220 e. The van der Waals surface area contributed by atoms with E-state index in [0.29, 0.717) is 6.42 Å². The highest BCUT2D eigenvalue weighted by Gasteiger charge is 2.09. The summed E-state index contributed by atoms with van der Waals surface area (Å²) in [7, 11) is 0. The van der Waals surface area contributed by atoms with Gasteiger partial charge in [-0.05, 0) is 51.2 Å². The van der Waals surface area contributed by atoms with Crippen LogP contribution in [0.1, 0.15) is 58.8 Å². The molecule has 105 valence electrons. The zero-order valence-electron chi connectivity index (χ0n) is 12.1. The molecule has 1 N–H and O–H groups in total. The van der Waals surface area contributed by atoms with Gasteiger partial charge in [0.05, 0.1) is 0 Å². The Labute approximate surface area is 112 Å². The van der Waals surface area contributed by atoms with Crippen LogP contribution in [0.25, 0.3) is 0 Å². The van der Waals surface area contributed by atoms with Crippen LogP contribution in [0.2, 0.25) is 0 Å². The lowest BCUT2D eigenvalue weighted by Gasteiger charge is -2.26. The van der Waals surface area contributed by atoms with Gasteiger partial charge in [-0.25, -0.2) is 0 Å². The summed E-state index contributed by atoms with van der Waals surface area (Å²) in [5, 5.41) is 2.94. The number of hydrogen-bond acceptors (Lipinski definition) is 2. The number of rotatable bonds is 8. The fourth-order valence-corrected chi connectivity index (χ4v) is 2.34. The van der Waals surface area contributed by atoms with E-state index in [0.717, 1.165) is 13.0 Å². The second-order valence-corrected chi connectivity index (χ2v) is 5.70. The zero-order valence-corrected chi connectivity index (χ0v) is 12.1. The van der Waals surface area contributed by atoms with E-state index in [1.54, 1.807) is 0 Å². The number of carbonyl (C=O) groups is 1. The predicted octanol–water partition coefficient (Wildman–Crippen LogP) is 2.76. The van der Waals surface area contributed by atoms with Crippen LogP contribution in [0.3, 0.4) is 0 Å². The molecule has 0 bridgehead atoms. The Hall–Kier alpha value is -0.570. The number of amides is 1. The van der Waals surface area contributed by atoms with Crippen LogP contribution in [0, 0.1) is 5.92 Å². The first-order valence-electron chi connectivity index (χ1n) is 7.46. The quantitative estimate of drug-likeness (QED) is 0.675. The highest BCUT2D eigenvalue weighted by molar-refractivity contribution is 5.75. The average Bonchev–Trinajstić information content (AvgIpc) is 2.37. The molecule has 0 aliphatic carbocycles. The van der Waals surface area contributed by atoms with Gasteiger partial charge in [0, 0.05) is 13.0 Å². The molecule has 1 aliphatic rings. The fraction of sp³-hybridized carbons (Fsp3) is 0.867.